The first kappa shape index (κ1) is 18.9. The Balaban J connectivity index is 0.000000399. The minimum atomic E-state index is -4.67. The van der Waals surface area contributed by atoms with Gasteiger partial charge in [0.15, 0.2) is 0 Å². The first-order valence-electron chi connectivity index (χ1n) is 7.53. The molecular formula is C17H20N2O5S. The van der Waals surface area contributed by atoms with Gasteiger partial charge in [-0.15, -0.1) is 0 Å². The van der Waals surface area contributed by atoms with E-state index in [-0.39, 0.29) is 0 Å². The maximum absolute atomic E-state index is 8.74. The first-order chi connectivity index (χ1) is 11.9. The molecule has 5 N–H and O–H groups in total. The van der Waals surface area contributed by atoms with Crippen LogP contribution in [0.25, 0.3) is 10.9 Å². The lowest BCUT2D eigenvalue weighted by Gasteiger charge is -2.06. The molecule has 134 valence electrons. The van der Waals surface area contributed by atoms with Crippen LogP contribution in [-0.4, -0.2) is 29.1 Å². The molecule has 1 heterocycles. The third-order valence-corrected chi connectivity index (χ3v) is 3.40. The number of hydrogen-bond acceptors (Lipinski definition) is 4. The second kappa shape index (κ2) is 8.63. The van der Waals surface area contributed by atoms with Crippen molar-refractivity contribution in [1.29, 1.82) is 0 Å². The van der Waals surface area contributed by atoms with Crippen LogP contribution in [0.5, 0.6) is 5.75 Å². The van der Waals surface area contributed by atoms with Crippen LogP contribution in [0.1, 0.15) is 11.1 Å². The van der Waals surface area contributed by atoms with E-state index in [4.69, 9.17) is 28.0 Å². The minimum Gasteiger partial charge on any atom is -0.489 e. The number of rotatable bonds is 5. The molecule has 8 heteroatoms. The van der Waals surface area contributed by atoms with E-state index in [9.17, 15) is 0 Å². The van der Waals surface area contributed by atoms with Crippen molar-refractivity contribution in [2.24, 2.45) is 5.73 Å². The van der Waals surface area contributed by atoms with E-state index in [1.807, 2.05) is 36.5 Å². The summed E-state index contributed by atoms with van der Waals surface area (Å²) in [7, 11) is -4.67. The lowest BCUT2D eigenvalue weighted by molar-refractivity contribution is 0.306. The molecule has 25 heavy (non-hydrogen) atoms. The summed E-state index contributed by atoms with van der Waals surface area (Å²) in [5.41, 5.74) is 9.14. The quantitative estimate of drug-likeness (QED) is 0.516. The molecular weight excluding hydrogens is 344 g/mol. The maximum Gasteiger partial charge on any atom is 0.394 e. The fraction of sp³-hybridized carbons (Fsp3) is 0.176. The standard InChI is InChI=1S/C17H18N2O.H2O4S/c18-9-8-14-11-19-17-10-15(6-7-16(14)17)20-12-13-4-2-1-3-5-13;1-5(2,3)4/h1-7,10-11,19H,8-9,12,18H2;(H2,1,2,3,4). The molecule has 0 fully saturated rings. The van der Waals surface area contributed by atoms with Crippen molar-refractivity contribution in [3.05, 3.63) is 65.9 Å². The van der Waals surface area contributed by atoms with Crippen molar-refractivity contribution in [3.8, 4) is 5.75 Å². The zero-order valence-corrected chi connectivity index (χ0v) is 14.2. The molecule has 0 amide bonds. The predicted molar refractivity (Wildman–Crippen MR) is 96.0 cm³/mol. The molecule has 3 aromatic rings. The highest BCUT2D eigenvalue weighted by atomic mass is 32.3. The smallest absolute Gasteiger partial charge is 0.394 e. The monoisotopic (exact) mass is 364 g/mol. The molecule has 0 saturated carbocycles. The summed E-state index contributed by atoms with van der Waals surface area (Å²) in [6.45, 7) is 1.25. The number of hydrogen-bond donors (Lipinski definition) is 4. The zero-order valence-electron chi connectivity index (χ0n) is 13.4. The largest absolute Gasteiger partial charge is 0.489 e. The van der Waals surface area contributed by atoms with Crippen molar-refractivity contribution < 1.29 is 22.3 Å². The highest BCUT2D eigenvalue weighted by Gasteiger charge is 2.04. The molecule has 0 bridgehead atoms. The van der Waals surface area contributed by atoms with Gasteiger partial charge in [0.1, 0.15) is 12.4 Å². The van der Waals surface area contributed by atoms with Crippen molar-refractivity contribution in [3.63, 3.8) is 0 Å². The van der Waals surface area contributed by atoms with Gasteiger partial charge in [-0.1, -0.05) is 30.3 Å². The van der Waals surface area contributed by atoms with Crippen LogP contribution in [0.4, 0.5) is 0 Å². The molecule has 0 spiro atoms. The average Bonchev–Trinajstić information content (AvgIpc) is 2.95. The van der Waals surface area contributed by atoms with E-state index in [2.05, 4.69) is 23.2 Å². The first-order valence-corrected chi connectivity index (χ1v) is 8.93. The van der Waals surface area contributed by atoms with E-state index in [1.54, 1.807) is 0 Å². The number of benzene rings is 2. The molecule has 7 nitrogen and oxygen atoms in total. The summed E-state index contributed by atoms with van der Waals surface area (Å²) in [4.78, 5) is 3.28. The number of H-pyrrole nitrogens is 1. The Morgan fingerprint density at radius 1 is 1.08 bits per heavy atom. The molecule has 0 aliphatic carbocycles. The van der Waals surface area contributed by atoms with Crippen molar-refractivity contribution >= 4 is 21.3 Å². The van der Waals surface area contributed by atoms with Crippen LogP contribution in [0, 0.1) is 0 Å². The highest BCUT2D eigenvalue weighted by molar-refractivity contribution is 7.79. The second-order valence-corrected chi connectivity index (χ2v) is 6.18. The van der Waals surface area contributed by atoms with Gasteiger partial charge in [-0.3, -0.25) is 9.11 Å². The summed E-state index contributed by atoms with van der Waals surface area (Å²) in [6, 6.07) is 16.3. The van der Waals surface area contributed by atoms with Crippen molar-refractivity contribution in [1.82, 2.24) is 4.98 Å². The van der Waals surface area contributed by atoms with Gasteiger partial charge in [0.25, 0.3) is 0 Å². The van der Waals surface area contributed by atoms with Gasteiger partial charge in [-0.25, -0.2) is 0 Å². The molecule has 0 saturated heterocycles. The van der Waals surface area contributed by atoms with Gasteiger partial charge < -0.3 is 15.5 Å². The lowest BCUT2D eigenvalue weighted by atomic mass is 10.1. The Bertz CT molecular complexity index is 899. The molecule has 3 rings (SSSR count). The Morgan fingerprint density at radius 3 is 2.40 bits per heavy atom. The van der Waals surface area contributed by atoms with Crippen LogP contribution >= 0.6 is 0 Å². The SMILES string of the molecule is NCCc1c[nH]c2cc(OCc3ccccc3)ccc12.O=S(=O)(O)O. The predicted octanol–water partition coefficient (Wildman–Crippen LogP) is 2.60. The van der Waals surface area contributed by atoms with Crippen LogP contribution in [0.2, 0.25) is 0 Å². The van der Waals surface area contributed by atoms with Crippen molar-refractivity contribution in [2.45, 2.75) is 13.0 Å². The number of fused-ring (bicyclic) bond motifs is 1. The number of aromatic nitrogens is 1. The van der Waals surface area contributed by atoms with Crippen LogP contribution in [-0.2, 0) is 23.4 Å². The molecule has 2 aromatic carbocycles. The lowest BCUT2D eigenvalue weighted by Crippen LogP contribution is -2.01. The van der Waals surface area contributed by atoms with E-state index in [0.717, 1.165) is 17.7 Å². The number of nitrogens with two attached hydrogens (primary N) is 1. The van der Waals surface area contributed by atoms with Gasteiger partial charge in [0.05, 0.1) is 0 Å². The van der Waals surface area contributed by atoms with Gasteiger partial charge in [-0.2, -0.15) is 8.42 Å². The van der Waals surface area contributed by atoms with Crippen LogP contribution in [0.3, 0.4) is 0 Å². The Kier molecular flexibility index (Phi) is 6.54. The van der Waals surface area contributed by atoms with Gasteiger partial charge in [0.2, 0.25) is 0 Å². The summed E-state index contributed by atoms with van der Waals surface area (Å²) < 4.78 is 37.4. The second-order valence-electron chi connectivity index (χ2n) is 5.28. The Morgan fingerprint density at radius 2 is 1.76 bits per heavy atom. The molecule has 0 radical (unpaired) electrons. The number of aromatic amines is 1. The van der Waals surface area contributed by atoms with E-state index < -0.39 is 10.4 Å². The van der Waals surface area contributed by atoms with Crippen LogP contribution < -0.4 is 10.5 Å². The van der Waals surface area contributed by atoms with Gasteiger partial charge in [-0.05, 0) is 36.2 Å². The molecule has 0 unspecified atom stereocenters. The van der Waals surface area contributed by atoms with Crippen molar-refractivity contribution in [2.75, 3.05) is 6.54 Å². The summed E-state index contributed by atoms with van der Waals surface area (Å²) >= 11 is 0. The molecule has 0 aliphatic rings. The van der Waals surface area contributed by atoms with E-state index in [1.165, 1.54) is 16.5 Å². The molecule has 0 atom stereocenters. The fourth-order valence-electron chi connectivity index (χ4n) is 2.36. The Hall–Kier alpha value is -2.39. The fourth-order valence-corrected chi connectivity index (χ4v) is 2.36. The summed E-state index contributed by atoms with van der Waals surface area (Å²) in [5, 5.41) is 1.22. The minimum absolute atomic E-state index is 0.586. The topological polar surface area (TPSA) is 126 Å². The van der Waals surface area contributed by atoms with E-state index >= 15 is 0 Å². The number of ether oxygens (including phenoxy) is 1. The third-order valence-electron chi connectivity index (χ3n) is 3.40. The average molecular weight is 364 g/mol. The summed E-state index contributed by atoms with van der Waals surface area (Å²) in [6.07, 6.45) is 2.92. The van der Waals surface area contributed by atoms with Gasteiger partial charge in [0, 0.05) is 23.2 Å². The van der Waals surface area contributed by atoms with E-state index in [0.29, 0.717) is 13.2 Å². The zero-order chi connectivity index (χ0) is 18.3. The molecule has 0 aliphatic heterocycles. The third kappa shape index (κ3) is 6.55. The normalized spacial score (nSPS) is 11.0. The number of nitrogens with one attached hydrogen (secondary N) is 1. The Labute approximate surface area is 146 Å². The maximum atomic E-state index is 8.74. The summed E-state index contributed by atoms with van der Waals surface area (Å²) in [5.74, 6) is 0.877. The highest BCUT2D eigenvalue weighted by Crippen LogP contribution is 2.24. The van der Waals surface area contributed by atoms with Gasteiger partial charge >= 0.3 is 10.4 Å². The van der Waals surface area contributed by atoms with Crippen LogP contribution in [0.15, 0.2) is 54.7 Å². The molecule has 1 aromatic heterocycles.